The van der Waals surface area contributed by atoms with Gasteiger partial charge in [0.2, 0.25) is 0 Å². The molecule has 1 N–H and O–H groups in total. The SMILES string of the molecule is CCN(CC)CCNC(C#N)c1ccc(OC)c(Br)c1. The molecule has 0 saturated heterocycles. The first kappa shape index (κ1) is 17.0. The van der Waals surface area contributed by atoms with Crippen LogP contribution in [0.4, 0.5) is 0 Å². The summed E-state index contributed by atoms with van der Waals surface area (Å²) in [5, 5.41) is 12.6. The number of halogens is 1. The summed E-state index contributed by atoms with van der Waals surface area (Å²) in [5.41, 5.74) is 0.944. The van der Waals surface area contributed by atoms with Crippen molar-refractivity contribution in [2.45, 2.75) is 19.9 Å². The van der Waals surface area contributed by atoms with Crippen molar-refractivity contribution >= 4 is 15.9 Å². The van der Waals surface area contributed by atoms with Crippen LogP contribution in [0, 0.1) is 11.3 Å². The normalized spacial score (nSPS) is 12.2. The number of methoxy groups -OCH3 is 1. The maximum atomic E-state index is 9.30. The Hall–Kier alpha value is -1.09. The molecule has 0 aliphatic rings. The zero-order valence-corrected chi connectivity index (χ0v) is 13.9. The standard InChI is InChI=1S/C15H22BrN3O/c1-4-19(5-2)9-8-18-14(11-17)12-6-7-15(20-3)13(16)10-12/h6-7,10,14,18H,4-5,8-9H2,1-3H3. The molecule has 1 rings (SSSR count). The van der Waals surface area contributed by atoms with Crippen LogP contribution in [0.2, 0.25) is 0 Å². The van der Waals surface area contributed by atoms with E-state index >= 15 is 0 Å². The van der Waals surface area contributed by atoms with Crippen LogP contribution in [0.5, 0.6) is 5.75 Å². The Bertz CT molecular complexity index is 455. The summed E-state index contributed by atoms with van der Waals surface area (Å²) in [6.45, 7) is 8.09. The third-order valence-corrected chi connectivity index (χ3v) is 3.93. The topological polar surface area (TPSA) is 48.3 Å². The molecule has 0 radical (unpaired) electrons. The van der Waals surface area contributed by atoms with E-state index in [2.05, 4.69) is 46.1 Å². The highest BCUT2D eigenvalue weighted by Gasteiger charge is 2.12. The van der Waals surface area contributed by atoms with E-state index in [4.69, 9.17) is 4.74 Å². The predicted octanol–water partition coefficient (Wildman–Crippen LogP) is 2.95. The number of benzene rings is 1. The predicted molar refractivity (Wildman–Crippen MR) is 84.8 cm³/mol. The first-order chi connectivity index (χ1) is 9.65. The molecule has 0 aliphatic heterocycles. The Morgan fingerprint density at radius 2 is 2.10 bits per heavy atom. The van der Waals surface area contributed by atoms with Crippen LogP contribution >= 0.6 is 15.9 Å². The van der Waals surface area contributed by atoms with Gasteiger partial charge in [0.05, 0.1) is 17.7 Å². The van der Waals surface area contributed by atoms with Gasteiger partial charge in [-0.05, 0) is 46.7 Å². The first-order valence-corrected chi connectivity index (χ1v) is 7.64. The second-order valence-corrected chi connectivity index (χ2v) is 5.29. The van der Waals surface area contributed by atoms with E-state index in [1.807, 2.05) is 18.2 Å². The van der Waals surface area contributed by atoms with E-state index in [9.17, 15) is 5.26 Å². The molecule has 0 spiro atoms. The van der Waals surface area contributed by atoms with E-state index in [1.165, 1.54) is 0 Å². The van der Waals surface area contributed by atoms with Crippen LogP contribution in [0.1, 0.15) is 25.5 Å². The van der Waals surface area contributed by atoms with Crippen LogP contribution in [0.15, 0.2) is 22.7 Å². The minimum Gasteiger partial charge on any atom is -0.496 e. The zero-order valence-electron chi connectivity index (χ0n) is 12.3. The van der Waals surface area contributed by atoms with E-state index in [1.54, 1.807) is 7.11 Å². The summed E-state index contributed by atoms with van der Waals surface area (Å²) in [6.07, 6.45) is 0. The number of likely N-dealkylation sites (N-methyl/N-ethyl adjacent to an activating group) is 1. The summed E-state index contributed by atoms with van der Waals surface area (Å²) in [6, 6.07) is 7.72. The molecule has 0 bridgehead atoms. The van der Waals surface area contributed by atoms with Crippen LogP contribution < -0.4 is 10.1 Å². The summed E-state index contributed by atoms with van der Waals surface area (Å²) in [5.74, 6) is 0.772. The summed E-state index contributed by atoms with van der Waals surface area (Å²) in [7, 11) is 1.63. The molecule has 0 aromatic heterocycles. The lowest BCUT2D eigenvalue weighted by Gasteiger charge is -2.20. The monoisotopic (exact) mass is 339 g/mol. The number of nitriles is 1. The van der Waals surface area contributed by atoms with Gasteiger partial charge in [-0.15, -0.1) is 0 Å². The van der Waals surface area contributed by atoms with Crippen molar-refractivity contribution < 1.29 is 4.74 Å². The fourth-order valence-electron chi connectivity index (χ4n) is 2.01. The lowest BCUT2D eigenvalue weighted by atomic mass is 10.1. The summed E-state index contributed by atoms with van der Waals surface area (Å²) in [4.78, 5) is 2.32. The fraction of sp³-hybridized carbons (Fsp3) is 0.533. The number of hydrogen-bond acceptors (Lipinski definition) is 4. The largest absolute Gasteiger partial charge is 0.496 e. The second kappa shape index (κ2) is 8.96. The highest BCUT2D eigenvalue weighted by Crippen LogP contribution is 2.27. The minimum atomic E-state index is -0.298. The molecule has 0 heterocycles. The maximum absolute atomic E-state index is 9.30. The van der Waals surface area contributed by atoms with Gasteiger partial charge in [-0.25, -0.2) is 0 Å². The van der Waals surface area contributed by atoms with Crippen molar-refractivity contribution in [3.8, 4) is 11.8 Å². The molecule has 1 aromatic carbocycles. The van der Waals surface area contributed by atoms with Gasteiger partial charge in [0.1, 0.15) is 11.8 Å². The molecule has 20 heavy (non-hydrogen) atoms. The Morgan fingerprint density at radius 1 is 1.40 bits per heavy atom. The molecule has 1 unspecified atom stereocenters. The number of ether oxygens (including phenoxy) is 1. The third kappa shape index (κ3) is 4.78. The van der Waals surface area contributed by atoms with Crippen molar-refractivity contribution in [1.29, 1.82) is 5.26 Å². The lowest BCUT2D eigenvalue weighted by molar-refractivity contribution is 0.300. The molecule has 1 atom stereocenters. The van der Waals surface area contributed by atoms with Crippen molar-refractivity contribution in [2.75, 3.05) is 33.3 Å². The van der Waals surface area contributed by atoms with Gasteiger partial charge in [-0.3, -0.25) is 5.32 Å². The number of hydrogen-bond donors (Lipinski definition) is 1. The van der Waals surface area contributed by atoms with Crippen LogP contribution in [-0.2, 0) is 0 Å². The molecule has 1 aromatic rings. The van der Waals surface area contributed by atoms with Crippen molar-refractivity contribution in [1.82, 2.24) is 10.2 Å². The third-order valence-electron chi connectivity index (χ3n) is 3.31. The number of nitrogens with zero attached hydrogens (tertiary/aromatic N) is 2. The van der Waals surface area contributed by atoms with E-state index in [0.717, 1.165) is 42.0 Å². The van der Waals surface area contributed by atoms with Crippen LogP contribution in [0.3, 0.4) is 0 Å². The lowest BCUT2D eigenvalue weighted by Crippen LogP contribution is -2.33. The van der Waals surface area contributed by atoms with Crippen molar-refractivity contribution in [2.24, 2.45) is 0 Å². The van der Waals surface area contributed by atoms with Gasteiger partial charge < -0.3 is 9.64 Å². The molecule has 0 amide bonds. The smallest absolute Gasteiger partial charge is 0.133 e. The van der Waals surface area contributed by atoms with Crippen molar-refractivity contribution in [3.63, 3.8) is 0 Å². The van der Waals surface area contributed by atoms with Gasteiger partial charge in [-0.1, -0.05) is 19.9 Å². The molecular formula is C15H22BrN3O. The van der Waals surface area contributed by atoms with Gasteiger partial charge in [0.15, 0.2) is 0 Å². The molecule has 4 nitrogen and oxygen atoms in total. The molecule has 0 saturated carbocycles. The van der Waals surface area contributed by atoms with Crippen molar-refractivity contribution in [3.05, 3.63) is 28.2 Å². The molecule has 0 aliphatic carbocycles. The molecule has 110 valence electrons. The molecular weight excluding hydrogens is 318 g/mol. The molecule has 0 fully saturated rings. The average molecular weight is 340 g/mol. The quantitative estimate of drug-likeness (QED) is 0.790. The van der Waals surface area contributed by atoms with Gasteiger partial charge in [0, 0.05) is 13.1 Å². The fourth-order valence-corrected chi connectivity index (χ4v) is 2.57. The van der Waals surface area contributed by atoms with Crippen LogP contribution in [0.25, 0.3) is 0 Å². The average Bonchev–Trinajstić information content (AvgIpc) is 2.47. The number of rotatable bonds is 8. The zero-order chi connectivity index (χ0) is 15.0. The van der Waals surface area contributed by atoms with E-state index in [0.29, 0.717) is 0 Å². The van der Waals surface area contributed by atoms with Crippen LogP contribution in [-0.4, -0.2) is 38.2 Å². The van der Waals surface area contributed by atoms with E-state index in [-0.39, 0.29) is 6.04 Å². The Balaban J connectivity index is 2.63. The highest BCUT2D eigenvalue weighted by atomic mass is 79.9. The Labute approximate surface area is 129 Å². The first-order valence-electron chi connectivity index (χ1n) is 6.85. The van der Waals surface area contributed by atoms with E-state index < -0.39 is 0 Å². The maximum Gasteiger partial charge on any atom is 0.133 e. The summed E-state index contributed by atoms with van der Waals surface area (Å²) < 4.78 is 6.06. The highest BCUT2D eigenvalue weighted by molar-refractivity contribution is 9.10. The Morgan fingerprint density at radius 3 is 2.60 bits per heavy atom. The minimum absolute atomic E-state index is 0.298. The summed E-state index contributed by atoms with van der Waals surface area (Å²) >= 11 is 3.45. The van der Waals surface area contributed by atoms with Gasteiger partial charge >= 0.3 is 0 Å². The Kier molecular flexibility index (Phi) is 7.60. The second-order valence-electron chi connectivity index (χ2n) is 4.44. The number of nitrogens with one attached hydrogen (secondary N) is 1. The molecule has 5 heteroatoms. The van der Waals surface area contributed by atoms with Gasteiger partial charge in [0.25, 0.3) is 0 Å². The van der Waals surface area contributed by atoms with Gasteiger partial charge in [-0.2, -0.15) is 5.26 Å².